The van der Waals surface area contributed by atoms with Crippen molar-refractivity contribution in [3.63, 3.8) is 0 Å². The lowest BCUT2D eigenvalue weighted by atomic mass is 10.2. The molecule has 58 valence electrons. The second-order valence-electron chi connectivity index (χ2n) is 2.65. The van der Waals surface area contributed by atoms with Gasteiger partial charge in [-0.25, -0.2) is 4.98 Å². The highest BCUT2D eigenvalue weighted by Crippen LogP contribution is 2.13. The fraction of sp³-hybridized carbons (Fsp3) is 0.500. The Hall–Kier alpha value is -1.30. The van der Waals surface area contributed by atoms with Gasteiger partial charge in [-0.2, -0.15) is 5.26 Å². The second kappa shape index (κ2) is 3.20. The van der Waals surface area contributed by atoms with E-state index >= 15 is 0 Å². The fourth-order valence-corrected chi connectivity index (χ4v) is 0.749. The predicted octanol–water partition coefficient (Wildman–Crippen LogP) is 1.86. The zero-order valence-corrected chi connectivity index (χ0v) is 6.66. The highest BCUT2D eigenvalue weighted by molar-refractivity contribution is 5.01. The summed E-state index contributed by atoms with van der Waals surface area (Å²) in [5.41, 5.74) is 0. The Morgan fingerprint density at radius 3 is 2.91 bits per heavy atom. The molecule has 0 spiro atoms. The van der Waals surface area contributed by atoms with E-state index in [1.165, 1.54) is 0 Å². The molecule has 1 aromatic heterocycles. The Morgan fingerprint density at radius 1 is 1.73 bits per heavy atom. The molecule has 0 saturated heterocycles. The maximum atomic E-state index is 8.33. The zero-order chi connectivity index (χ0) is 8.27. The van der Waals surface area contributed by atoms with Gasteiger partial charge in [0, 0.05) is 5.92 Å². The number of nitriles is 1. The number of aromatic nitrogens is 1. The molecule has 3 nitrogen and oxygen atoms in total. The van der Waals surface area contributed by atoms with Gasteiger partial charge in [-0.3, -0.25) is 0 Å². The van der Waals surface area contributed by atoms with Crippen molar-refractivity contribution in [3.8, 4) is 6.07 Å². The first-order chi connectivity index (χ1) is 5.24. The van der Waals surface area contributed by atoms with Crippen LogP contribution in [0.2, 0.25) is 0 Å². The van der Waals surface area contributed by atoms with Crippen molar-refractivity contribution in [2.75, 3.05) is 0 Å². The third kappa shape index (κ3) is 1.81. The summed E-state index contributed by atoms with van der Waals surface area (Å²) < 4.78 is 5.25. The van der Waals surface area contributed by atoms with Crippen LogP contribution in [0.25, 0.3) is 0 Å². The molecule has 0 fully saturated rings. The Balaban J connectivity index is 2.75. The fourth-order valence-electron chi connectivity index (χ4n) is 0.749. The molecular formula is C8H10N2O. The van der Waals surface area contributed by atoms with Crippen LogP contribution in [0.5, 0.6) is 0 Å². The minimum atomic E-state index is 0.294. The van der Waals surface area contributed by atoms with Gasteiger partial charge in [0.05, 0.1) is 18.7 Å². The van der Waals surface area contributed by atoms with Crippen molar-refractivity contribution >= 4 is 0 Å². The van der Waals surface area contributed by atoms with Crippen molar-refractivity contribution in [1.29, 1.82) is 5.26 Å². The van der Waals surface area contributed by atoms with Crippen molar-refractivity contribution in [1.82, 2.24) is 4.98 Å². The van der Waals surface area contributed by atoms with Gasteiger partial charge in [0.2, 0.25) is 0 Å². The molecule has 0 aliphatic rings. The van der Waals surface area contributed by atoms with E-state index in [2.05, 4.69) is 4.98 Å². The molecule has 0 atom stereocenters. The minimum Gasteiger partial charge on any atom is -0.444 e. The van der Waals surface area contributed by atoms with E-state index in [1.807, 2.05) is 19.9 Å². The molecule has 1 rings (SSSR count). The first kappa shape index (κ1) is 7.80. The summed E-state index contributed by atoms with van der Waals surface area (Å²) in [7, 11) is 0. The molecule has 1 heterocycles. The summed E-state index contributed by atoms with van der Waals surface area (Å²) in [5.74, 6) is 1.65. The lowest BCUT2D eigenvalue weighted by molar-refractivity contribution is 0.444. The summed E-state index contributed by atoms with van der Waals surface area (Å²) >= 11 is 0. The van der Waals surface area contributed by atoms with Gasteiger partial charge in [-0.15, -0.1) is 0 Å². The maximum absolute atomic E-state index is 8.33. The first-order valence-electron chi connectivity index (χ1n) is 3.55. The SMILES string of the molecule is CC(C)c1ncc(CC#N)o1. The normalized spacial score (nSPS) is 10.0. The Labute approximate surface area is 65.7 Å². The van der Waals surface area contributed by atoms with Crippen molar-refractivity contribution < 1.29 is 4.42 Å². The molecule has 0 N–H and O–H groups in total. The van der Waals surface area contributed by atoms with E-state index in [0.29, 0.717) is 24.0 Å². The van der Waals surface area contributed by atoms with E-state index < -0.39 is 0 Å². The largest absolute Gasteiger partial charge is 0.444 e. The van der Waals surface area contributed by atoms with Crippen LogP contribution in [-0.4, -0.2) is 4.98 Å². The quantitative estimate of drug-likeness (QED) is 0.646. The van der Waals surface area contributed by atoms with Crippen LogP contribution in [0.1, 0.15) is 31.4 Å². The third-order valence-corrected chi connectivity index (χ3v) is 1.32. The van der Waals surface area contributed by atoms with Gasteiger partial charge in [0.25, 0.3) is 0 Å². The topological polar surface area (TPSA) is 49.8 Å². The summed E-state index contributed by atoms with van der Waals surface area (Å²) in [6.45, 7) is 4.00. The monoisotopic (exact) mass is 150 g/mol. The number of nitrogens with zero attached hydrogens (tertiary/aromatic N) is 2. The first-order valence-corrected chi connectivity index (χ1v) is 3.55. The lowest BCUT2D eigenvalue weighted by Crippen LogP contribution is -1.84. The van der Waals surface area contributed by atoms with Crippen LogP contribution in [0.4, 0.5) is 0 Å². The molecule has 0 aliphatic heterocycles. The molecular weight excluding hydrogens is 140 g/mol. The number of oxazole rings is 1. The summed E-state index contributed by atoms with van der Waals surface area (Å²) in [4.78, 5) is 4.02. The molecule has 11 heavy (non-hydrogen) atoms. The van der Waals surface area contributed by atoms with Crippen LogP contribution >= 0.6 is 0 Å². The highest BCUT2D eigenvalue weighted by Gasteiger charge is 2.06. The molecule has 1 aromatic rings. The Kier molecular flexibility index (Phi) is 2.27. The predicted molar refractivity (Wildman–Crippen MR) is 39.9 cm³/mol. The van der Waals surface area contributed by atoms with Crippen molar-refractivity contribution in [2.45, 2.75) is 26.2 Å². The van der Waals surface area contributed by atoms with E-state index in [9.17, 15) is 0 Å². The van der Waals surface area contributed by atoms with Crippen LogP contribution in [-0.2, 0) is 6.42 Å². The maximum Gasteiger partial charge on any atom is 0.196 e. The molecule has 0 unspecified atom stereocenters. The van der Waals surface area contributed by atoms with E-state index in [0.717, 1.165) is 0 Å². The number of hydrogen-bond acceptors (Lipinski definition) is 3. The van der Waals surface area contributed by atoms with Gasteiger partial charge >= 0.3 is 0 Å². The average Bonchev–Trinajstić information content (AvgIpc) is 2.37. The molecule has 0 aromatic carbocycles. The van der Waals surface area contributed by atoms with Crippen molar-refractivity contribution in [2.24, 2.45) is 0 Å². The minimum absolute atomic E-state index is 0.294. The highest BCUT2D eigenvalue weighted by atomic mass is 16.4. The van der Waals surface area contributed by atoms with Gasteiger partial charge in [-0.05, 0) is 0 Å². The second-order valence-corrected chi connectivity index (χ2v) is 2.65. The van der Waals surface area contributed by atoms with Crippen LogP contribution in [0.3, 0.4) is 0 Å². The van der Waals surface area contributed by atoms with Crippen molar-refractivity contribution in [3.05, 3.63) is 17.8 Å². The summed E-state index contributed by atoms with van der Waals surface area (Å²) in [5, 5.41) is 8.33. The smallest absolute Gasteiger partial charge is 0.196 e. The van der Waals surface area contributed by atoms with E-state index in [1.54, 1.807) is 6.20 Å². The Bertz CT molecular complexity index is 270. The standard InChI is InChI=1S/C8H10N2O/c1-6(2)8-10-5-7(11-8)3-4-9/h5-6H,3H2,1-2H3. The van der Waals surface area contributed by atoms with Crippen LogP contribution in [0, 0.1) is 11.3 Å². The molecule has 0 bridgehead atoms. The van der Waals surface area contributed by atoms with E-state index in [-0.39, 0.29) is 0 Å². The van der Waals surface area contributed by atoms with Gasteiger partial charge in [-0.1, -0.05) is 13.8 Å². The average molecular weight is 150 g/mol. The molecule has 3 heteroatoms. The summed E-state index contributed by atoms with van der Waals surface area (Å²) in [6, 6.07) is 2.00. The summed E-state index contributed by atoms with van der Waals surface area (Å²) in [6.07, 6.45) is 1.91. The van der Waals surface area contributed by atoms with Gasteiger partial charge in [0.15, 0.2) is 5.89 Å². The third-order valence-electron chi connectivity index (χ3n) is 1.32. The van der Waals surface area contributed by atoms with Gasteiger partial charge in [0.1, 0.15) is 5.76 Å². The zero-order valence-electron chi connectivity index (χ0n) is 6.66. The molecule has 0 aliphatic carbocycles. The van der Waals surface area contributed by atoms with Gasteiger partial charge < -0.3 is 4.42 Å². The van der Waals surface area contributed by atoms with Crippen LogP contribution < -0.4 is 0 Å². The van der Waals surface area contributed by atoms with Crippen LogP contribution in [0.15, 0.2) is 10.6 Å². The molecule has 0 saturated carbocycles. The number of hydrogen-bond donors (Lipinski definition) is 0. The molecule has 0 amide bonds. The molecule has 0 radical (unpaired) electrons. The van der Waals surface area contributed by atoms with E-state index in [4.69, 9.17) is 9.68 Å². The number of rotatable bonds is 2. The Morgan fingerprint density at radius 2 is 2.45 bits per heavy atom. The lowest BCUT2D eigenvalue weighted by Gasteiger charge is -1.94.